The largest absolute Gasteiger partial charge is 0.356 e. The van der Waals surface area contributed by atoms with Gasteiger partial charge in [-0.2, -0.15) is 0 Å². The molecule has 2 atom stereocenters. The molecule has 0 aromatic heterocycles. The Morgan fingerprint density at radius 1 is 1.13 bits per heavy atom. The van der Waals surface area contributed by atoms with Crippen LogP contribution in [0.15, 0.2) is 24.3 Å². The fraction of sp³-hybridized carbons (Fsp3) is 0.696. The highest BCUT2D eigenvalue weighted by atomic mass is 35.5. The summed E-state index contributed by atoms with van der Waals surface area (Å²) >= 11 is 6.12. The topological polar surface area (TPSA) is 69.7 Å². The summed E-state index contributed by atoms with van der Waals surface area (Å²) < 4.78 is 27.0. The molecule has 1 amide bonds. The zero-order chi connectivity index (χ0) is 22.4. The number of benzene rings is 1. The van der Waals surface area contributed by atoms with E-state index in [0.717, 1.165) is 37.9 Å². The maximum atomic E-state index is 12.8. The SMILES string of the molecule is CC1CC(C)CN(CCCNC(=O)C2CCN(S(=O)(=O)Cc3ccccc3Cl)CC2)C1. The van der Waals surface area contributed by atoms with Crippen molar-refractivity contribution in [3.8, 4) is 0 Å². The molecule has 2 aliphatic rings. The molecule has 6 nitrogen and oxygen atoms in total. The zero-order valence-electron chi connectivity index (χ0n) is 18.7. The molecule has 2 fully saturated rings. The quantitative estimate of drug-likeness (QED) is 0.592. The summed E-state index contributed by atoms with van der Waals surface area (Å²) in [6.07, 6.45) is 3.39. The van der Waals surface area contributed by atoms with E-state index in [1.807, 2.05) is 0 Å². The number of amides is 1. The number of nitrogens with zero attached hydrogens (tertiary/aromatic N) is 2. The van der Waals surface area contributed by atoms with Gasteiger partial charge in [0.05, 0.1) is 5.75 Å². The first-order chi connectivity index (χ1) is 14.7. The van der Waals surface area contributed by atoms with Crippen LogP contribution in [0.5, 0.6) is 0 Å². The van der Waals surface area contributed by atoms with Crippen LogP contribution in [0.3, 0.4) is 0 Å². The number of likely N-dealkylation sites (tertiary alicyclic amines) is 1. The van der Waals surface area contributed by atoms with Crippen molar-refractivity contribution in [3.05, 3.63) is 34.9 Å². The minimum absolute atomic E-state index is 0.0588. The Balaban J connectivity index is 1.38. The van der Waals surface area contributed by atoms with Gasteiger partial charge in [0.1, 0.15) is 0 Å². The Hall–Kier alpha value is -1.15. The second kappa shape index (κ2) is 11.1. The van der Waals surface area contributed by atoms with E-state index in [4.69, 9.17) is 11.6 Å². The number of hydrogen-bond acceptors (Lipinski definition) is 4. The monoisotopic (exact) mass is 469 g/mol. The smallest absolute Gasteiger partial charge is 0.223 e. The second-order valence-corrected chi connectivity index (χ2v) is 11.7. The number of carbonyl (C=O) groups is 1. The lowest BCUT2D eigenvalue weighted by Crippen LogP contribution is -2.44. The number of halogens is 1. The van der Waals surface area contributed by atoms with Gasteiger partial charge in [-0.1, -0.05) is 43.6 Å². The van der Waals surface area contributed by atoms with Gasteiger partial charge < -0.3 is 10.2 Å². The lowest BCUT2D eigenvalue weighted by molar-refractivity contribution is -0.126. The van der Waals surface area contributed by atoms with Gasteiger partial charge >= 0.3 is 0 Å². The van der Waals surface area contributed by atoms with Crippen LogP contribution in [-0.2, 0) is 20.6 Å². The fourth-order valence-electron chi connectivity index (χ4n) is 4.93. The first kappa shape index (κ1) is 24.5. The van der Waals surface area contributed by atoms with Crippen LogP contribution in [0, 0.1) is 17.8 Å². The number of rotatable bonds is 8. The van der Waals surface area contributed by atoms with Gasteiger partial charge in [-0.3, -0.25) is 4.79 Å². The molecule has 2 heterocycles. The van der Waals surface area contributed by atoms with Gasteiger partial charge in [-0.15, -0.1) is 0 Å². The molecule has 2 saturated heterocycles. The third-order valence-electron chi connectivity index (χ3n) is 6.41. The molecule has 31 heavy (non-hydrogen) atoms. The maximum absolute atomic E-state index is 12.8. The van der Waals surface area contributed by atoms with E-state index in [-0.39, 0.29) is 17.6 Å². The first-order valence-corrected chi connectivity index (χ1v) is 13.4. The Kier molecular flexibility index (Phi) is 8.79. The predicted molar refractivity (Wildman–Crippen MR) is 125 cm³/mol. The molecule has 2 unspecified atom stereocenters. The minimum atomic E-state index is -3.44. The van der Waals surface area contributed by atoms with E-state index in [1.54, 1.807) is 24.3 Å². The van der Waals surface area contributed by atoms with E-state index in [1.165, 1.54) is 10.7 Å². The lowest BCUT2D eigenvalue weighted by atomic mass is 9.92. The summed E-state index contributed by atoms with van der Waals surface area (Å²) in [6.45, 7) is 9.40. The molecule has 3 rings (SSSR count). The standard InChI is InChI=1S/C23H36ClN3O3S/c1-18-14-19(2)16-26(15-18)11-5-10-25-23(28)20-8-12-27(13-9-20)31(29,30)17-21-6-3-4-7-22(21)24/h3-4,6-7,18-20H,5,8-17H2,1-2H3,(H,25,28). The predicted octanol–water partition coefficient (Wildman–Crippen LogP) is 3.37. The van der Waals surface area contributed by atoms with Crippen LogP contribution in [0.2, 0.25) is 5.02 Å². The van der Waals surface area contributed by atoms with E-state index < -0.39 is 10.0 Å². The highest BCUT2D eigenvalue weighted by molar-refractivity contribution is 7.88. The Morgan fingerprint density at radius 2 is 1.77 bits per heavy atom. The van der Waals surface area contributed by atoms with Gasteiger partial charge in [0.15, 0.2) is 0 Å². The first-order valence-electron chi connectivity index (χ1n) is 11.5. The van der Waals surface area contributed by atoms with Crippen LogP contribution >= 0.6 is 11.6 Å². The summed E-state index contributed by atoms with van der Waals surface area (Å²) in [4.78, 5) is 15.0. The molecular formula is C23H36ClN3O3S. The van der Waals surface area contributed by atoms with Crippen molar-refractivity contribution in [2.45, 2.75) is 45.3 Å². The molecule has 0 saturated carbocycles. The third-order valence-corrected chi connectivity index (χ3v) is 8.61. The van der Waals surface area contributed by atoms with Crippen molar-refractivity contribution >= 4 is 27.5 Å². The number of piperidine rings is 2. The van der Waals surface area contributed by atoms with Gasteiger partial charge in [0.2, 0.25) is 15.9 Å². The highest BCUT2D eigenvalue weighted by Crippen LogP contribution is 2.24. The van der Waals surface area contributed by atoms with E-state index in [9.17, 15) is 13.2 Å². The molecule has 0 radical (unpaired) electrons. The van der Waals surface area contributed by atoms with Gasteiger partial charge in [-0.25, -0.2) is 12.7 Å². The maximum Gasteiger partial charge on any atom is 0.223 e. The van der Waals surface area contributed by atoms with Gasteiger partial charge in [-0.05, 0) is 55.7 Å². The van der Waals surface area contributed by atoms with Crippen molar-refractivity contribution in [2.75, 3.05) is 39.3 Å². The van der Waals surface area contributed by atoms with E-state index in [0.29, 0.717) is 43.1 Å². The molecule has 1 aromatic rings. The zero-order valence-corrected chi connectivity index (χ0v) is 20.3. The van der Waals surface area contributed by atoms with Crippen molar-refractivity contribution in [2.24, 2.45) is 17.8 Å². The van der Waals surface area contributed by atoms with E-state index >= 15 is 0 Å². The molecule has 8 heteroatoms. The van der Waals surface area contributed by atoms with Crippen LogP contribution < -0.4 is 5.32 Å². The van der Waals surface area contributed by atoms with Gasteiger partial charge in [0, 0.05) is 43.7 Å². The Morgan fingerprint density at radius 3 is 2.42 bits per heavy atom. The molecule has 174 valence electrons. The fourth-order valence-corrected chi connectivity index (χ4v) is 6.81. The average Bonchev–Trinajstić information content (AvgIpc) is 2.72. The molecule has 0 spiro atoms. The average molecular weight is 470 g/mol. The number of sulfonamides is 1. The van der Waals surface area contributed by atoms with Crippen LogP contribution in [0.25, 0.3) is 0 Å². The Bertz CT molecular complexity index is 830. The third kappa shape index (κ3) is 7.17. The second-order valence-electron chi connectivity index (χ2n) is 9.37. The molecule has 0 bridgehead atoms. The van der Waals surface area contributed by atoms with Crippen LogP contribution in [0.4, 0.5) is 0 Å². The molecule has 0 aliphatic carbocycles. The van der Waals surface area contributed by atoms with Gasteiger partial charge in [0.25, 0.3) is 0 Å². The minimum Gasteiger partial charge on any atom is -0.356 e. The summed E-state index contributed by atoms with van der Waals surface area (Å²) in [7, 11) is -3.44. The molecule has 1 aromatic carbocycles. The number of nitrogens with one attached hydrogen (secondary N) is 1. The van der Waals surface area contributed by atoms with Crippen LogP contribution in [-0.4, -0.2) is 62.8 Å². The summed E-state index contributed by atoms with van der Waals surface area (Å²) in [6, 6.07) is 7.02. The summed E-state index contributed by atoms with van der Waals surface area (Å²) in [5.74, 6) is 1.35. The Labute approximate surface area is 192 Å². The number of hydrogen-bond donors (Lipinski definition) is 1. The van der Waals surface area contributed by atoms with Crippen molar-refractivity contribution in [3.63, 3.8) is 0 Å². The summed E-state index contributed by atoms with van der Waals surface area (Å²) in [5, 5.41) is 3.53. The van der Waals surface area contributed by atoms with Crippen molar-refractivity contribution in [1.82, 2.24) is 14.5 Å². The van der Waals surface area contributed by atoms with Crippen LogP contribution in [0.1, 0.15) is 45.1 Å². The van der Waals surface area contributed by atoms with E-state index in [2.05, 4.69) is 24.1 Å². The van der Waals surface area contributed by atoms with Crippen molar-refractivity contribution < 1.29 is 13.2 Å². The highest BCUT2D eigenvalue weighted by Gasteiger charge is 2.31. The molecule has 1 N–H and O–H groups in total. The lowest BCUT2D eigenvalue weighted by Gasteiger charge is -2.35. The molecular weight excluding hydrogens is 434 g/mol. The normalized spacial score (nSPS) is 24.2. The van der Waals surface area contributed by atoms with Crippen molar-refractivity contribution in [1.29, 1.82) is 0 Å². The molecule has 2 aliphatic heterocycles. The summed E-state index contributed by atoms with van der Waals surface area (Å²) in [5.41, 5.74) is 0.613. The number of carbonyl (C=O) groups excluding carboxylic acids is 1.